The number of carbonyl (C=O) groups excluding carboxylic acids is 1. The molecule has 3 aromatic carbocycles. The minimum atomic E-state index is -0.349. The van der Waals surface area contributed by atoms with Crippen LogP contribution in [0.15, 0.2) is 75.9 Å². The summed E-state index contributed by atoms with van der Waals surface area (Å²) in [7, 11) is 0. The Morgan fingerprint density at radius 3 is 2.44 bits per heavy atom. The van der Waals surface area contributed by atoms with Crippen LogP contribution in [0.25, 0.3) is 32.7 Å². The first kappa shape index (κ1) is 20.0. The standard InChI is InChI=1S/C26H23N3O3/c1-2-3-8-15-29-26(31)20-11-5-4-10-19(20)24(28-29)25(30)27-17-13-14-23-21(16-17)18-9-6-7-12-22(18)32-23/h4-7,9-14,16H,2-3,8,15H2,1H3,(H,27,30). The van der Waals surface area contributed by atoms with Gasteiger partial charge in [-0.1, -0.05) is 56.2 Å². The Hall–Kier alpha value is -3.93. The van der Waals surface area contributed by atoms with E-state index in [2.05, 4.69) is 17.3 Å². The predicted octanol–water partition coefficient (Wildman–Crippen LogP) is 5.74. The second-order valence-electron chi connectivity index (χ2n) is 7.89. The summed E-state index contributed by atoms with van der Waals surface area (Å²) in [5.41, 5.74) is 2.28. The maximum atomic E-state index is 13.2. The van der Waals surface area contributed by atoms with Gasteiger partial charge in [0.05, 0.1) is 5.39 Å². The van der Waals surface area contributed by atoms with Crippen molar-refractivity contribution in [2.75, 3.05) is 5.32 Å². The lowest BCUT2D eigenvalue weighted by Crippen LogP contribution is -2.27. The van der Waals surface area contributed by atoms with Gasteiger partial charge in [0.25, 0.3) is 11.5 Å². The zero-order chi connectivity index (χ0) is 22.1. The zero-order valence-electron chi connectivity index (χ0n) is 17.8. The Bertz CT molecular complexity index is 1510. The molecule has 0 aliphatic carbocycles. The molecular weight excluding hydrogens is 402 g/mol. The van der Waals surface area contributed by atoms with Crippen molar-refractivity contribution in [3.8, 4) is 0 Å². The van der Waals surface area contributed by atoms with E-state index in [0.29, 0.717) is 23.0 Å². The van der Waals surface area contributed by atoms with Gasteiger partial charge in [-0.05, 0) is 36.8 Å². The van der Waals surface area contributed by atoms with Crippen molar-refractivity contribution in [2.24, 2.45) is 0 Å². The van der Waals surface area contributed by atoms with Crippen molar-refractivity contribution < 1.29 is 9.21 Å². The van der Waals surface area contributed by atoms with Crippen LogP contribution in [0, 0.1) is 0 Å². The Morgan fingerprint density at radius 2 is 1.62 bits per heavy atom. The molecule has 0 saturated heterocycles. The Labute approximate surface area is 184 Å². The van der Waals surface area contributed by atoms with E-state index in [9.17, 15) is 9.59 Å². The first-order valence-electron chi connectivity index (χ1n) is 10.9. The van der Waals surface area contributed by atoms with Crippen LogP contribution in [0.1, 0.15) is 36.7 Å². The number of nitrogens with zero attached hydrogens (tertiary/aromatic N) is 2. The van der Waals surface area contributed by atoms with Crippen molar-refractivity contribution in [3.05, 3.63) is 82.8 Å². The van der Waals surface area contributed by atoms with Crippen molar-refractivity contribution >= 4 is 44.3 Å². The summed E-state index contributed by atoms with van der Waals surface area (Å²) in [4.78, 5) is 26.1. The number of hydrogen-bond acceptors (Lipinski definition) is 4. The molecule has 1 amide bonds. The van der Waals surface area contributed by atoms with Gasteiger partial charge in [-0.3, -0.25) is 9.59 Å². The fourth-order valence-corrected chi connectivity index (χ4v) is 4.06. The average Bonchev–Trinajstić information content (AvgIpc) is 3.19. The normalized spacial score (nSPS) is 11.4. The third-order valence-electron chi connectivity index (χ3n) is 5.69. The third kappa shape index (κ3) is 3.54. The molecule has 0 unspecified atom stereocenters. The molecular formula is C26H23N3O3. The van der Waals surface area contributed by atoms with Gasteiger partial charge in [0.1, 0.15) is 11.2 Å². The van der Waals surface area contributed by atoms with Gasteiger partial charge in [0, 0.05) is 28.4 Å². The molecule has 0 fully saturated rings. The Morgan fingerprint density at radius 1 is 0.906 bits per heavy atom. The van der Waals surface area contributed by atoms with Gasteiger partial charge in [0.15, 0.2) is 5.69 Å². The summed E-state index contributed by atoms with van der Waals surface area (Å²) in [6, 6.07) is 20.5. The minimum Gasteiger partial charge on any atom is -0.456 e. The summed E-state index contributed by atoms with van der Waals surface area (Å²) in [6.07, 6.45) is 2.88. The molecule has 0 aliphatic rings. The van der Waals surface area contributed by atoms with Crippen LogP contribution in [0.4, 0.5) is 5.69 Å². The van der Waals surface area contributed by atoms with E-state index >= 15 is 0 Å². The molecule has 5 aromatic rings. The molecule has 2 heterocycles. The molecule has 0 spiro atoms. The number of unbranched alkanes of at least 4 members (excludes halogenated alkanes) is 2. The van der Waals surface area contributed by atoms with E-state index in [1.807, 2.05) is 48.5 Å². The molecule has 32 heavy (non-hydrogen) atoms. The molecule has 0 aliphatic heterocycles. The number of nitrogens with one attached hydrogen (secondary N) is 1. The number of para-hydroxylation sites is 1. The number of aryl methyl sites for hydroxylation is 1. The molecule has 2 aromatic heterocycles. The molecule has 5 rings (SSSR count). The average molecular weight is 425 g/mol. The first-order chi connectivity index (χ1) is 15.7. The number of rotatable bonds is 6. The highest BCUT2D eigenvalue weighted by molar-refractivity contribution is 6.12. The Balaban J connectivity index is 1.53. The zero-order valence-corrected chi connectivity index (χ0v) is 17.8. The molecule has 6 heteroatoms. The lowest BCUT2D eigenvalue weighted by Gasteiger charge is -2.11. The molecule has 0 atom stereocenters. The van der Waals surface area contributed by atoms with E-state index in [-0.39, 0.29) is 17.2 Å². The van der Waals surface area contributed by atoms with E-state index in [1.165, 1.54) is 4.68 Å². The number of aromatic nitrogens is 2. The van der Waals surface area contributed by atoms with Crippen molar-refractivity contribution in [1.82, 2.24) is 9.78 Å². The SMILES string of the molecule is CCCCCn1nc(C(=O)Nc2ccc3oc4ccccc4c3c2)c2ccccc2c1=O. The number of hydrogen-bond donors (Lipinski definition) is 1. The van der Waals surface area contributed by atoms with Crippen LogP contribution in [0.2, 0.25) is 0 Å². The van der Waals surface area contributed by atoms with E-state index in [4.69, 9.17) is 4.42 Å². The third-order valence-corrected chi connectivity index (χ3v) is 5.69. The number of anilines is 1. The summed E-state index contributed by atoms with van der Waals surface area (Å²) >= 11 is 0. The largest absolute Gasteiger partial charge is 0.456 e. The monoisotopic (exact) mass is 425 g/mol. The molecule has 0 radical (unpaired) electrons. The van der Waals surface area contributed by atoms with Crippen LogP contribution in [-0.2, 0) is 6.54 Å². The molecule has 6 nitrogen and oxygen atoms in total. The summed E-state index contributed by atoms with van der Waals surface area (Å²) in [5, 5.41) is 10.4. The van der Waals surface area contributed by atoms with Gasteiger partial charge in [0.2, 0.25) is 0 Å². The predicted molar refractivity (Wildman–Crippen MR) is 127 cm³/mol. The first-order valence-corrected chi connectivity index (χ1v) is 10.9. The summed E-state index contributed by atoms with van der Waals surface area (Å²) < 4.78 is 7.28. The highest BCUT2D eigenvalue weighted by atomic mass is 16.3. The lowest BCUT2D eigenvalue weighted by molar-refractivity contribution is 0.102. The fourth-order valence-electron chi connectivity index (χ4n) is 4.06. The van der Waals surface area contributed by atoms with Gasteiger partial charge < -0.3 is 9.73 Å². The van der Waals surface area contributed by atoms with Crippen LogP contribution in [-0.4, -0.2) is 15.7 Å². The fraction of sp³-hybridized carbons (Fsp3) is 0.192. The number of furan rings is 1. The maximum Gasteiger partial charge on any atom is 0.276 e. The minimum absolute atomic E-state index is 0.167. The number of carbonyl (C=O) groups is 1. The van der Waals surface area contributed by atoms with Crippen molar-refractivity contribution in [1.29, 1.82) is 0 Å². The quantitative estimate of drug-likeness (QED) is 0.352. The summed E-state index contributed by atoms with van der Waals surface area (Å²) in [5.74, 6) is -0.349. The Kier molecular flexibility index (Phi) is 5.19. The van der Waals surface area contributed by atoms with Crippen molar-refractivity contribution in [3.63, 3.8) is 0 Å². The van der Waals surface area contributed by atoms with Crippen LogP contribution in [0.3, 0.4) is 0 Å². The number of fused-ring (bicyclic) bond motifs is 4. The molecule has 1 N–H and O–H groups in total. The molecule has 0 saturated carbocycles. The lowest BCUT2D eigenvalue weighted by atomic mass is 10.1. The van der Waals surface area contributed by atoms with Crippen LogP contribution < -0.4 is 10.9 Å². The van der Waals surface area contributed by atoms with Gasteiger partial charge >= 0.3 is 0 Å². The highest BCUT2D eigenvalue weighted by Gasteiger charge is 2.17. The molecule has 0 bridgehead atoms. The van der Waals surface area contributed by atoms with Crippen molar-refractivity contribution in [2.45, 2.75) is 32.7 Å². The van der Waals surface area contributed by atoms with Crippen LogP contribution >= 0.6 is 0 Å². The smallest absolute Gasteiger partial charge is 0.276 e. The van der Waals surface area contributed by atoms with Gasteiger partial charge in [-0.15, -0.1) is 0 Å². The van der Waals surface area contributed by atoms with E-state index in [1.54, 1.807) is 18.2 Å². The number of benzene rings is 3. The molecule has 160 valence electrons. The van der Waals surface area contributed by atoms with Crippen LogP contribution in [0.5, 0.6) is 0 Å². The second-order valence-corrected chi connectivity index (χ2v) is 7.89. The van der Waals surface area contributed by atoms with E-state index < -0.39 is 0 Å². The van der Waals surface area contributed by atoms with Gasteiger partial charge in [-0.25, -0.2) is 4.68 Å². The maximum absolute atomic E-state index is 13.2. The topological polar surface area (TPSA) is 77.1 Å². The second kappa shape index (κ2) is 8.30. The number of amides is 1. The summed E-state index contributed by atoms with van der Waals surface area (Å²) in [6.45, 7) is 2.60. The van der Waals surface area contributed by atoms with E-state index in [0.717, 1.165) is 41.2 Å². The highest BCUT2D eigenvalue weighted by Crippen LogP contribution is 2.30. The van der Waals surface area contributed by atoms with Gasteiger partial charge in [-0.2, -0.15) is 5.10 Å².